The number of hydrogen-bond donors (Lipinski definition) is 3. The minimum Gasteiger partial charge on any atom is -0.393 e. The summed E-state index contributed by atoms with van der Waals surface area (Å²) < 4.78 is 0. The van der Waals surface area contributed by atoms with Gasteiger partial charge in [0.1, 0.15) is 11.7 Å². The maximum atomic E-state index is 9.63. The summed E-state index contributed by atoms with van der Waals surface area (Å²) >= 11 is 0. The van der Waals surface area contributed by atoms with E-state index in [2.05, 4.69) is 11.0 Å². The highest BCUT2D eigenvalue weighted by atomic mass is 16.3. The Balaban J connectivity index is 1.97. The topological polar surface area (TPSA) is 86.2 Å². The smallest absolute Gasteiger partial charge is 0.139 e. The third-order valence-electron chi connectivity index (χ3n) is 4.33. The number of aliphatic hydroxyl groups is 1. The number of fused-ring (bicyclic) bond motifs is 1. The van der Waals surface area contributed by atoms with E-state index in [-0.39, 0.29) is 11.9 Å². The van der Waals surface area contributed by atoms with Crippen LogP contribution in [0.5, 0.6) is 0 Å². The molecule has 1 fully saturated rings. The number of aliphatic hydroxyl groups excluding tert-OH is 1. The Hall–Kier alpha value is -1.62. The Kier molecular flexibility index (Phi) is 3.61. The third kappa shape index (κ3) is 2.50. The molecule has 0 unspecified atom stereocenters. The number of anilines is 1. The lowest BCUT2D eigenvalue weighted by Crippen LogP contribution is -2.38. The fourth-order valence-electron chi connectivity index (χ4n) is 3.14. The number of hydrogen-bond acceptors (Lipinski definition) is 4. The van der Waals surface area contributed by atoms with Gasteiger partial charge in [-0.3, -0.25) is 5.41 Å². The third-order valence-corrected chi connectivity index (χ3v) is 4.33. The van der Waals surface area contributed by atoms with Gasteiger partial charge < -0.3 is 15.7 Å². The molecule has 1 aliphatic heterocycles. The average Bonchev–Trinajstić information content (AvgIpc) is 2.46. The molecular weight excluding hydrogens is 252 g/mol. The highest BCUT2D eigenvalue weighted by Gasteiger charge is 2.23. The molecule has 1 saturated heterocycles. The molecular formula is C15H22N4O. The predicted molar refractivity (Wildman–Crippen MR) is 79.3 cm³/mol. The summed E-state index contributed by atoms with van der Waals surface area (Å²) in [7, 11) is 0. The largest absolute Gasteiger partial charge is 0.393 e. The number of rotatable bonds is 2. The number of nitrogens with zero attached hydrogens (tertiary/aromatic N) is 2. The Bertz CT molecular complexity index is 521. The molecule has 108 valence electrons. The molecule has 20 heavy (non-hydrogen) atoms. The molecule has 5 heteroatoms. The van der Waals surface area contributed by atoms with Crippen molar-refractivity contribution in [2.75, 3.05) is 18.0 Å². The van der Waals surface area contributed by atoms with Crippen LogP contribution in [0.25, 0.3) is 0 Å². The van der Waals surface area contributed by atoms with Gasteiger partial charge in [0, 0.05) is 18.8 Å². The molecule has 0 saturated carbocycles. The van der Waals surface area contributed by atoms with E-state index < -0.39 is 0 Å². The first-order valence-corrected chi connectivity index (χ1v) is 7.45. The normalized spacial score (nSPS) is 19.8. The van der Waals surface area contributed by atoms with Gasteiger partial charge >= 0.3 is 0 Å². The van der Waals surface area contributed by atoms with Crippen LogP contribution in [0.4, 0.5) is 5.82 Å². The molecule has 0 atom stereocenters. The van der Waals surface area contributed by atoms with Crippen LogP contribution in [0.3, 0.4) is 0 Å². The van der Waals surface area contributed by atoms with Gasteiger partial charge in [0.05, 0.1) is 11.7 Å². The average molecular weight is 274 g/mol. The maximum Gasteiger partial charge on any atom is 0.139 e. The summed E-state index contributed by atoms with van der Waals surface area (Å²) in [5.74, 6) is 0.928. The van der Waals surface area contributed by atoms with Crippen LogP contribution in [-0.4, -0.2) is 35.1 Å². The lowest BCUT2D eigenvalue weighted by atomic mass is 9.94. The zero-order chi connectivity index (χ0) is 14.1. The van der Waals surface area contributed by atoms with Crippen LogP contribution in [0.15, 0.2) is 6.07 Å². The molecule has 5 nitrogen and oxygen atoms in total. The minimum atomic E-state index is -0.204. The second kappa shape index (κ2) is 5.40. The van der Waals surface area contributed by atoms with Crippen molar-refractivity contribution in [3.05, 3.63) is 22.9 Å². The summed E-state index contributed by atoms with van der Waals surface area (Å²) in [6.07, 6.45) is 5.77. The van der Waals surface area contributed by atoms with Gasteiger partial charge in [-0.25, -0.2) is 4.98 Å². The number of piperidine rings is 1. The molecule has 2 heterocycles. The molecule has 0 radical (unpaired) electrons. The lowest BCUT2D eigenvalue weighted by molar-refractivity contribution is 0.145. The van der Waals surface area contributed by atoms with Crippen molar-refractivity contribution in [3.63, 3.8) is 0 Å². The molecule has 1 aromatic heterocycles. The fraction of sp³-hybridized carbons (Fsp3) is 0.600. The second-order valence-electron chi connectivity index (χ2n) is 5.80. The van der Waals surface area contributed by atoms with E-state index >= 15 is 0 Å². The zero-order valence-electron chi connectivity index (χ0n) is 11.7. The van der Waals surface area contributed by atoms with E-state index in [0.717, 1.165) is 50.2 Å². The summed E-state index contributed by atoms with van der Waals surface area (Å²) in [4.78, 5) is 6.97. The van der Waals surface area contributed by atoms with Crippen molar-refractivity contribution in [2.45, 2.75) is 44.6 Å². The van der Waals surface area contributed by atoms with E-state index in [0.29, 0.717) is 0 Å². The van der Waals surface area contributed by atoms with Crippen molar-refractivity contribution >= 4 is 11.7 Å². The highest BCUT2D eigenvalue weighted by molar-refractivity contribution is 5.99. The summed E-state index contributed by atoms with van der Waals surface area (Å²) in [5, 5.41) is 17.4. The molecule has 4 N–H and O–H groups in total. The van der Waals surface area contributed by atoms with Gasteiger partial charge in [-0.1, -0.05) is 0 Å². The molecule has 1 aliphatic carbocycles. The van der Waals surface area contributed by atoms with Gasteiger partial charge in [-0.2, -0.15) is 0 Å². The van der Waals surface area contributed by atoms with E-state index in [1.807, 2.05) is 0 Å². The number of nitrogens with two attached hydrogens (primary N) is 1. The molecule has 2 aliphatic rings. The number of aromatic nitrogens is 1. The van der Waals surface area contributed by atoms with Crippen LogP contribution in [0.2, 0.25) is 0 Å². The molecule has 0 spiro atoms. The number of nitrogen functional groups attached to an aromatic ring is 1. The van der Waals surface area contributed by atoms with Crippen molar-refractivity contribution in [2.24, 2.45) is 5.73 Å². The lowest BCUT2D eigenvalue weighted by Gasteiger charge is -2.32. The van der Waals surface area contributed by atoms with Crippen LogP contribution in [-0.2, 0) is 12.8 Å². The van der Waals surface area contributed by atoms with Crippen LogP contribution in [0, 0.1) is 5.41 Å². The maximum absolute atomic E-state index is 9.63. The summed E-state index contributed by atoms with van der Waals surface area (Å²) in [6, 6.07) is 2.06. The van der Waals surface area contributed by atoms with Crippen LogP contribution >= 0.6 is 0 Å². The predicted octanol–water partition coefficient (Wildman–Crippen LogP) is 1.21. The van der Waals surface area contributed by atoms with Crippen molar-refractivity contribution < 1.29 is 5.11 Å². The number of pyridine rings is 1. The number of nitrogens with one attached hydrogen (secondary N) is 1. The molecule has 0 bridgehead atoms. The van der Waals surface area contributed by atoms with Gasteiger partial charge in [0.25, 0.3) is 0 Å². The van der Waals surface area contributed by atoms with Crippen molar-refractivity contribution in [3.8, 4) is 0 Å². The number of aryl methyl sites for hydroxylation is 2. The van der Waals surface area contributed by atoms with Gasteiger partial charge in [0.15, 0.2) is 0 Å². The monoisotopic (exact) mass is 274 g/mol. The summed E-state index contributed by atoms with van der Waals surface area (Å²) in [5.41, 5.74) is 8.92. The Labute approximate surface area is 119 Å². The molecule has 3 rings (SSSR count). The van der Waals surface area contributed by atoms with E-state index in [1.165, 1.54) is 24.1 Å². The SMILES string of the molecule is N=C(N)c1cc2c(nc1N1CCC(O)CC1)CCCC2. The zero-order valence-corrected chi connectivity index (χ0v) is 11.7. The Morgan fingerprint density at radius 3 is 2.70 bits per heavy atom. The van der Waals surface area contributed by atoms with Crippen LogP contribution in [0.1, 0.15) is 42.5 Å². The van der Waals surface area contributed by atoms with Gasteiger partial charge in [0.2, 0.25) is 0 Å². The van der Waals surface area contributed by atoms with Crippen molar-refractivity contribution in [1.29, 1.82) is 5.41 Å². The molecule has 1 aromatic rings. The van der Waals surface area contributed by atoms with Crippen molar-refractivity contribution in [1.82, 2.24) is 4.98 Å². The Morgan fingerprint density at radius 2 is 2.00 bits per heavy atom. The number of amidine groups is 1. The first-order chi connectivity index (χ1) is 9.65. The summed E-state index contributed by atoms with van der Waals surface area (Å²) in [6.45, 7) is 1.57. The van der Waals surface area contributed by atoms with Crippen LogP contribution < -0.4 is 10.6 Å². The second-order valence-corrected chi connectivity index (χ2v) is 5.80. The Morgan fingerprint density at radius 1 is 1.30 bits per heavy atom. The first-order valence-electron chi connectivity index (χ1n) is 7.45. The fourth-order valence-corrected chi connectivity index (χ4v) is 3.14. The van der Waals surface area contributed by atoms with E-state index in [4.69, 9.17) is 16.1 Å². The molecule has 0 aromatic carbocycles. The standard InChI is InChI=1S/C15H22N4O/c16-14(17)12-9-10-3-1-2-4-13(10)18-15(12)19-7-5-11(20)6-8-19/h9,11,20H,1-8H2,(H3,16,17). The quantitative estimate of drug-likeness (QED) is 0.559. The van der Waals surface area contributed by atoms with Gasteiger partial charge in [-0.15, -0.1) is 0 Å². The van der Waals surface area contributed by atoms with E-state index in [1.54, 1.807) is 0 Å². The minimum absolute atomic E-state index is 0.0898. The van der Waals surface area contributed by atoms with Gasteiger partial charge in [-0.05, 0) is 50.2 Å². The van der Waals surface area contributed by atoms with E-state index in [9.17, 15) is 5.11 Å². The highest BCUT2D eigenvalue weighted by Crippen LogP contribution is 2.28. The molecule has 0 amide bonds. The first kappa shape index (κ1) is 13.4.